The van der Waals surface area contributed by atoms with Crippen LogP contribution in [0.2, 0.25) is 0 Å². The van der Waals surface area contributed by atoms with Crippen molar-refractivity contribution in [3.8, 4) is 0 Å². The van der Waals surface area contributed by atoms with Gasteiger partial charge in [0.25, 0.3) is 0 Å². The van der Waals surface area contributed by atoms with E-state index in [1.807, 2.05) is 12.1 Å². The minimum atomic E-state index is 0.446. The zero-order valence-corrected chi connectivity index (χ0v) is 11.0. The number of rotatable bonds is 3. The molecule has 0 atom stereocenters. The summed E-state index contributed by atoms with van der Waals surface area (Å²) in [5.41, 5.74) is 7.75. The maximum atomic E-state index is 5.92. The molecule has 1 aliphatic carbocycles. The van der Waals surface area contributed by atoms with E-state index in [1.54, 1.807) is 0 Å². The van der Waals surface area contributed by atoms with Crippen LogP contribution in [0.4, 0.5) is 5.69 Å². The molecule has 0 spiro atoms. The van der Waals surface area contributed by atoms with Gasteiger partial charge in [-0.2, -0.15) is 0 Å². The number of hydrogen-bond acceptors (Lipinski definition) is 2. The summed E-state index contributed by atoms with van der Waals surface area (Å²) in [5, 5.41) is 0. The third-order valence-corrected chi connectivity index (χ3v) is 4.10. The van der Waals surface area contributed by atoms with Crippen LogP contribution in [0, 0.1) is 0 Å². The van der Waals surface area contributed by atoms with Crippen LogP contribution in [0.3, 0.4) is 0 Å². The Balaban J connectivity index is 1.91. The van der Waals surface area contributed by atoms with Gasteiger partial charge < -0.3 is 10.5 Å². The first-order valence-electron chi connectivity index (χ1n) is 5.92. The van der Waals surface area contributed by atoms with Crippen LogP contribution in [0.25, 0.3) is 0 Å². The summed E-state index contributed by atoms with van der Waals surface area (Å²) in [6.07, 6.45) is 6.84. The minimum absolute atomic E-state index is 0.446. The Morgan fingerprint density at radius 2 is 2.00 bits per heavy atom. The Kier molecular flexibility index (Phi) is 4.24. The molecule has 1 aromatic rings. The van der Waals surface area contributed by atoms with Crippen LogP contribution < -0.4 is 5.73 Å². The van der Waals surface area contributed by atoms with Gasteiger partial charge in [-0.3, -0.25) is 0 Å². The first kappa shape index (κ1) is 11.9. The Morgan fingerprint density at radius 3 is 2.75 bits per heavy atom. The molecule has 2 rings (SSSR count). The molecule has 0 aliphatic heterocycles. The number of anilines is 1. The van der Waals surface area contributed by atoms with Crippen molar-refractivity contribution < 1.29 is 4.74 Å². The summed E-state index contributed by atoms with van der Waals surface area (Å²) in [6, 6.07) is 5.93. The summed E-state index contributed by atoms with van der Waals surface area (Å²) in [6.45, 7) is 0.663. The Morgan fingerprint density at radius 1 is 1.25 bits per heavy atom. The summed E-state index contributed by atoms with van der Waals surface area (Å²) in [4.78, 5) is 0. The highest BCUT2D eigenvalue weighted by Crippen LogP contribution is 2.26. The molecule has 1 aliphatic rings. The molecule has 0 bridgehead atoms. The standard InChI is InChI=1S/C13H18BrNO/c14-13-10(5-4-8-12(13)15)9-16-11-6-2-1-3-7-11/h4-5,8,11H,1-3,6-7,9,15H2. The number of halogens is 1. The van der Waals surface area contributed by atoms with Crippen molar-refractivity contribution in [1.82, 2.24) is 0 Å². The molecule has 3 heteroatoms. The van der Waals surface area contributed by atoms with Gasteiger partial charge in [-0.1, -0.05) is 31.4 Å². The van der Waals surface area contributed by atoms with Crippen molar-refractivity contribution in [3.63, 3.8) is 0 Å². The SMILES string of the molecule is Nc1cccc(COC2CCCCC2)c1Br. The zero-order chi connectivity index (χ0) is 11.4. The van der Waals surface area contributed by atoms with Gasteiger partial charge in [0.2, 0.25) is 0 Å². The number of hydrogen-bond donors (Lipinski definition) is 1. The van der Waals surface area contributed by atoms with E-state index in [4.69, 9.17) is 10.5 Å². The van der Waals surface area contributed by atoms with Gasteiger partial charge in [0.15, 0.2) is 0 Å². The quantitative estimate of drug-likeness (QED) is 0.855. The predicted octanol–water partition coefficient (Wildman–Crippen LogP) is 3.88. The Bertz CT molecular complexity index is 348. The highest BCUT2D eigenvalue weighted by molar-refractivity contribution is 9.10. The smallest absolute Gasteiger partial charge is 0.0732 e. The van der Waals surface area contributed by atoms with E-state index in [0.29, 0.717) is 12.7 Å². The van der Waals surface area contributed by atoms with E-state index in [9.17, 15) is 0 Å². The summed E-state index contributed by atoms with van der Waals surface area (Å²) in [5.74, 6) is 0. The first-order valence-corrected chi connectivity index (χ1v) is 6.71. The van der Waals surface area contributed by atoms with Crippen molar-refractivity contribution in [2.45, 2.75) is 44.8 Å². The van der Waals surface area contributed by atoms with E-state index in [-0.39, 0.29) is 0 Å². The van der Waals surface area contributed by atoms with Crippen molar-refractivity contribution in [2.75, 3.05) is 5.73 Å². The monoisotopic (exact) mass is 283 g/mol. The van der Waals surface area contributed by atoms with E-state index < -0.39 is 0 Å². The van der Waals surface area contributed by atoms with Crippen LogP contribution in [0.1, 0.15) is 37.7 Å². The molecule has 1 aromatic carbocycles. The minimum Gasteiger partial charge on any atom is -0.398 e. The van der Waals surface area contributed by atoms with Crippen molar-refractivity contribution in [1.29, 1.82) is 0 Å². The lowest BCUT2D eigenvalue weighted by atomic mass is 9.98. The molecule has 0 unspecified atom stereocenters. The lowest BCUT2D eigenvalue weighted by Gasteiger charge is -2.22. The van der Waals surface area contributed by atoms with Crippen LogP contribution in [-0.4, -0.2) is 6.10 Å². The van der Waals surface area contributed by atoms with Crippen molar-refractivity contribution >= 4 is 21.6 Å². The zero-order valence-electron chi connectivity index (χ0n) is 9.42. The highest BCUT2D eigenvalue weighted by Gasteiger charge is 2.14. The molecule has 0 amide bonds. The van der Waals surface area contributed by atoms with E-state index in [0.717, 1.165) is 15.7 Å². The second kappa shape index (κ2) is 5.69. The maximum Gasteiger partial charge on any atom is 0.0732 e. The predicted molar refractivity (Wildman–Crippen MR) is 70.2 cm³/mol. The molecule has 16 heavy (non-hydrogen) atoms. The largest absolute Gasteiger partial charge is 0.398 e. The van der Waals surface area contributed by atoms with Crippen molar-refractivity contribution in [3.05, 3.63) is 28.2 Å². The molecule has 1 fully saturated rings. The van der Waals surface area contributed by atoms with Crippen LogP contribution in [-0.2, 0) is 11.3 Å². The second-order valence-electron chi connectivity index (χ2n) is 4.39. The third-order valence-electron chi connectivity index (χ3n) is 3.14. The van der Waals surface area contributed by atoms with Gasteiger partial charge in [0.1, 0.15) is 0 Å². The fourth-order valence-corrected chi connectivity index (χ4v) is 2.53. The average Bonchev–Trinajstić information content (AvgIpc) is 2.32. The van der Waals surface area contributed by atoms with Crippen LogP contribution >= 0.6 is 15.9 Å². The third kappa shape index (κ3) is 2.98. The fraction of sp³-hybridized carbons (Fsp3) is 0.538. The number of nitrogen functional groups attached to an aromatic ring is 1. The molecular weight excluding hydrogens is 266 g/mol. The molecule has 88 valence electrons. The van der Waals surface area contributed by atoms with E-state index >= 15 is 0 Å². The van der Waals surface area contributed by atoms with Crippen molar-refractivity contribution in [2.24, 2.45) is 0 Å². The second-order valence-corrected chi connectivity index (χ2v) is 5.18. The van der Waals surface area contributed by atoms with E-state index in [1.165, 1.54) is 32.1 Å². The Hall–Kier alpha value is -0.540. The first-order chi connectivity index (χ1) is 7.77. The molecule has 0 saturated heterocycles. The lowest BCUT2D eigenvalue weighted by Crippen LogP contribution is -2.16. The van der Waals surface area contributed by atoms with Gasteiger partial charge in [-0.25, -0.2) is 0 Å². The molecule has 0 heterocycles. The number of nitrogens with two attached hydrogens (primary N) is 1. The average molecular weight is 284 g/mol. The molecular formula is C13H18BrNO. The van der Waals surface area contributed by atoms with Gasteiger partial charge in [-0.05, 0) is 40.4 Å². The van der Waals surface area contributed by atoms with Gasteiger partial charge in [0, 0.05) is 10.2 Å². The Labute approximate surface area is 105 Å². The normalized spacial score (nSPS) is 17.6. The topological polar surface area (TPSA) is 35.2 Å². The summed E-state index contributed by atoms with van der Waals surface area (Å²) < 4.78 is 6.90. The molecule has 0 aromatic heterocycles. The highest BCUT2D eigenvalue weighted by atomic mass is 79.9. The van der Waals surface area contributed by atoms with E-state index in [2.05, 4.69) is 22.0 Å². The van der Waals surface area contributed by atoms with Crippen LogP contribution in [0.5, 0.6) is 0 Å². The number of ether oxygens (including phenoxy) is 1. The number of benzene rings is 1. The summed E-state index contributed by atoms with van der Waals surface area (Å²) in [7, 11) is 0. The summed E-state index contributed by atoms with van der Waals surface area (Å²) >= 11 is 3.50. The fourth-order valence-electron chi connectivity index (χ4n) is 2.15. The molecule has 2 nitrogen and oxygen atoms in total. The van der Waals surface area contributed by atoms with Gasteiger partial charge in [0.05, 0.1) is 12.7 Å². The van der Waals surface area contributed by atoms with Gasteiger partial charge in [-0.15, -0.1) is 0 Å². The van der Waals surface area contributed by atoms with Gasteiger partial charge >= 0.3 is 0 Å². The van der Waals surface area contributed by atoms with Crippen LogP contribution in [0.15, 0.2) is 22.7 Å². The lowest BCUT2D eigenvalue weighted by molar-refractivity contribution is 0.0166. The molecule has 1 saturated carbocycles. The maximum absolute atomic E-state index is 5.92. The molecule has 0 radical (unpaired) electrons. The molecule has 2 N–H and O–H groups in total.